The zero-order valence-corrected chi connectivity index (χ0v) is 13.5. The lowest BCUT2D eigenvalue weighted by molar-refractivity contribution is -0.0290. The van der Waals surface area contributed by atoms with Crippen molar-refractivity contribution in [2.24, 2.45) is 5.29 Å². The first-order valence-electron chi connectivity index (χ1n) is 7.15. The standard InChI is InChI=1S/C12H15ClFN5O6/c13-1-2-19(17-24)12(23)15-7-3-9(25-8(7)5-20)18-4-6(14)10(21)16-11(18)22/h4,7-9,20H,1-3,5H2,(H,15,23)(H,16,21,22)/t7-,8-,9?/m1/s1. The fourth-order valence-corrected chi connectivity index (χ4v) is 2.55. The first kappa shape index (κ1) is 19.0. The van der Waals surface area contributed by atoms with Crippen LogP contribution in [-0.4, -0.2) is 56.9 Å². The van der Waals surface area contributed by atoms with Crippen LogP contribution in [0, 0.1) is 10.7 Å². The predicted molar refractivity (Wildman–Crippen MR) is 82.4 cm³/mol. The molecule has 13 heteroatoms. The van der Waals surface area contributed by atoms with E-state index in [2.05, 4.69) is 10.6 Å². The van der Waals surface area contributed by atoms with Gasteiger partial charge in [-0.15, -0.1) is 16.5 Å². The Kier molecular flexibility index (Phi) is 6.22. The van der Waals surface area contributed by atoms with Crippen LogP contribution < -0.4 is 16.6 Å². The molecule has 1 fully saturated rings. The van der Waals surface area contributed by atoms with Gasteiger partial charge in [0.25, 0.3) is 5.56 Å². The van der Waals surface area contributed by atoms with E-state index in [1.807, 2.05) is 0 Å². The summed E-state index contributed by atoms with van der Waals surface area (Å²) < 4.78 is 19.6. The van der Waals surface area contributed by atoms with Gasteiger partial charge in [0.1, 0.15) is 12.3 Å². The number of nitrogens with one attached hydrogen (secondary N) is 2. The molecule has 1 aromatic heterocycles. The molecule has 25 heavy (non-hydrogen) atoms. The molecule has 0 aliphatic carbocycles. The Morgan fingerprint density at radius 1 is 1.60 bits per heavy atom. The van der Waals surface area contributed by atoms with Gasteiger partial charge in [-0.1, -0.05) is 0 Å². The smallest absolute Gasteiger partial charge is 0.340 e. The minimum Gasteiger partial charge on any atom is -0.394 e. The number of aliphatic hydroxyl groups is 1. The Morgan fingerprint density at radius 3 is 2.92 bits per heavy atom. The van der Waals surface area contributed by atoms with Gasteiger partial charge in [-0.2, -0.15) is 9.40 Å². The van der Waals surface area contributed by atoms with Gasteiger partial charge in [-0.3, -0.25) is 14.3 Å². The van der Waals surface area contributed by atoms with Gasteiger partial charge < -0.3 is 15.2 Å². The van der Waals surface area contributed by atoms with E-state index in [0.29, 0.717) is 11.2 Å². The molecule has 2 rings (SSSR count). The van der Waals surface area contributed by atoms with Crippen LogP contribution >= 0.6 is 11.6 Å². The number of ether oxygens (including phenoxy) is 1. The number of nitrogens with zero attached hydrogens (tertiary/aromatic N) is 3. The summed E-state index contributed by atoms with van der Waals surface area (Å²) in [6.45, 7) is -0.631. The Labute approximate surface area is 144 Å². The summed E-state index contributed by atoms with van der Waals surface area (Å²) in [5, 5.41) is 14.9. The number of carbonyl (C=O) groups excluding carboxylic acids is 1. The van der Waals surface area contributed by atoms with E-state index in [0.717, 1.165) is 4.57 Å². The van der Waals surface area contributed by atoms with E-state index in [-0.39, 0.29) is 18.8 Å². The van der Waals surface area contributed by atoms with Crippen molar-refractivity contribution in [3.05, 3.63) is 37.8 Å². The van der Waals surface area contributed by atoms with Crippen LogP contribution in [0.5, 0.6) is 0 Å². The molecule has 0 bridgehead atoms. The number of hydrogen-bond acceptors (Lipinski definition) is 7. The SMILES string of the molecule is O=NN(CCCl)C(=O)N[C@@H]1CC(n2cc(F)c(=O)[nH]c2=O)O[C@@H]1CO. The molecule has 1 aromatic rings. The summed E-state index contributed by atoms with van der Waals surface area (Å²) in [6, 6.07) is -1.65. The molecule has 1 saturated heterocycles. The van der Waals surface area contributed by atoms with Crippen molar-refractivity contribution in [1.29, 1.82) is 0 Å². The molecule has 3 atom stereocenters. The van der Waals surface area contributed by atoms with Crippen LogP contribution in [0.25, 0.3) is 0 Å². The number of rotatable bonds is 6. The fraction of sp³-hybridized carbons (Fsp3) is 0.583. The average Bonchev–Trinajstić information content (AvgIpc) is 2.98. The second-order valence-electron chi connectivity index (χ2n) is 5.14. The van der Waals surface area contributed by atoms with Gasteiger partial charge in [0.2, 0.25) is 5.82 Å². The quantitative estimate of drug-likeness (QED) is 0.337. The van der Waals surface area contributed by atoms with E-state index in [1.165, 1.54) is 0 Å². The first-order chi connectivity index (χ1) is 11.9. The van der Waals surface area contributed by atoms with E-state index >= 15 is 0 Å². The van der Waals surface area contributed by atoms with Crippen LogP contribution in [0.2, 0.25) is 0 Å². The van der Waals surface area contributed by atoms with Crippen LogP contribution in [0.1, 0.15) is 12.6 Å². The number of aromatic nitrogens is 2. The normalized spacial score (nSPS) is 22.6. The highest BCUT2D eigenvalue weighted by Crippen LogP contribution is 2.27. The van der Waals surface area contributed by atoms with Gasteiger partial charge in [0.15, 0.2) is 0 Å². The molecule has 138 valence electrons. The summed E-state index contributed by atoms with van der Waals surface area (Å²) in [4.78, 5) is 47.2. The number of alkyl halides is 1. The topological polar surface area (TPSA) is 146 Å². The zero-order valence-electron chi connectivity index (χ0n) is 12.7. The summed E-state index contributed by atoms with van der Waals surface area (Å²) in [6.07, 6.45) is -1.29. The molecular formula is C12H15ClFN5O6. The maximum Gasteiger partial charge on any atom is 0.340 e. The predicted octanol–water partition coefficient (Wildman–Crippen LogP) is -0.744. The molecule has 11 nitrogen and oxygen atoms in total. The second kappa shape index (κ2) is 8.18. The van der Waals surface area contributed by atoms with E-state index in [1.54, 1.807) is 4.98 Å². The fourth-order valence-electron chi connectivity index (χ4n) is 2.39. The zero-order chi connectivity index (χ0) is 18.6. The van der Waals surface area contributed by atoms with Crippen molar-refractivity contribution in [2.75, 3.05) is 19.0 Å². The van der Waals surface area contributed by atoms with Gasteiger partial charge >= 0.3 is 11.7 Å². The Bertz CT molecular complexity index is 754. The molecule has 1 aliphatic rings. The van der Waals surface area contributed by atoms with Crippen LogP contribution in [-0.2, 0) is 4.74 Å². The van der Waals surface area contributed by atoms with E-state index < -0.39 is 48.1 Å². The summed E-state index contributed by atoms with van der Waals surface area (Å²) in [5.74, 6) is -1.20. The number of aliphatic hydroxyl groups excluding tert-OH is 1. The van der Waals surface area contributed by atoms with Gasteiger partial charge in [0.05, 0.1) is 30.7 Å². The maximum absolute atomic E-state index is 13.4. The lowest BCUT2D eigenvalue weighted by Crippen LogP contribution is -2.47. The number of amides is 2. The third-order valence-corrected chi connectivity index (χ3v) is 3.76. The molecule has 0 radical (unpaired) electrons. The Morgan fingerprint density at radius 2 is 2.32 bits per heavy atom. The third kappa shape index (κ3) is 4.21. The Balaban J connectivity index is 2.16. The number of H-pyrrole nitrogens is 1. The van der Waals surface area contributed by atoms with Gasteiger partial charge in [0, 0.05) is 12.3 Å². The van der Waals surface area contributed by atoms with Crippen molar-refractivity contribution in [3.8, 4) is 0 Å². The largest absolute Gasteiger partial charge is 0.394 e. The monoisotopic (exact) mass is 379 g/mol. The third-order valence-electron chi connectivity index (χ3n) is 3.59. The average molecular weight is 380 g/mol. The van der Waals surface area contributed by atoms with Gasteiger partial charge in [-0.25, -0.2) is 9.59 Å². The minimum atomic E-state index is -1.19. The minimum absolute atomic E-state index is 0.0154. The summed E-state index contributed by atoms with van der Waals surface area (Å²) in [7, 11) is 0. The maximum atomic E-state index is 13.4. The van der Waals surface area contributed by atoms with Crippen molar-refractivity contribution in [3.63, 3.8) is 0 Å². The van der Waals surface area contributed by atoms with E-state index in [9.17, 15) is 28.8 Å². The molecule has 3 N–H and O–H groups in total. The van der Waals surface area contributed by atoms with Gasteiger partial charge in [-0.05, 0) is 0 Å². The highest BCUT2D eigenvalue weighted by molar-refractivity contribution is 6.18. The van der Waals surface area contributed by atoms with Crippen molar-refractivity contribution in [2.45, 2.75) is 24.8 Å². The van der Waals surface area contributed by atoms with Crippen LogP contribution in [0.3, 0.4) is 0 Å². The number of halogens is 2. The molecule has 0 aromatic carbocycles. The number of nitroso groups, excluding NO2 is 1. The molecule has 0 saturated carbocycles. The van der Waals surface area contributed by atoms with Crippen LogP contribution in [0.4, 0.5) is 9.18 Å². The number of aromatic amines is 1. The highest BCUT2D eigenvalue weighted by atomic mass is 35.5. The molecule has 2 amide bonds. The lowest BCUT2D eigenvalue weighted by atomic mass is 10.1. The van der Waals surface area contributed by atoms with Crippen molar-refractivity contribution >= 4 is 17.6 Å². The molecule has 1 aliphatic heterocycles. The molecule has 1 unspecified atom stereocenters. The van der Waals surface area contributed by atoms with E-state index in [4.69, 9.17) is 16.3 Å². The Hall–Kier alpha value is -2.31. The van der Waals surface area contributed by atoms with Crippen LogP contribution in [0.15, 0.2) is 21.1 Å². The molecule has 2 heterocycles. The molecular weight excluding hydrogens is 365 g/mol. The van der Waals surface area contributed by atoms with Crippen molar-refractivity contribution in [1.82, 2.24) is 19.9 Å². The van der Waals surface area contributed by atoms with Crippen molar-refractivity contribution < 1.29 is 19.0 Å². The lowest BCUT2D eigenvalue weighted by Gasteiger charge is -2.20. The highest BCUT2D eigenvalue weighted by Gasteiger charge is 2.38. The number of carbonyl (C=O) groups is 1. The summed E-state index contributed by atoms with van der Waals surface area (Å²) in [5.41, 5.74) is -2.07. The molecule has 0 spiro atoms. The number of urea groups is 1. The first-order valence-corrected chi connectivity index (χ1v) is 7.69. The number of hydrogen-bond donors (Lipinski definition) is 3. The summed E-state index contributed by atoms with van der Waals surface area (Å²) >= 11 is 5.45. The second-order valence-corrected chi connectivity index (χ2v) is 5.52.